The lowest BCUT2D eigenvalue weighted by Crippen LogP contribution is -2.56. The second-order valence-electron chi connectivity index (χ2n) is 3.91. The maximum absolute atomic E-state index is 11.1. The van der Waals surface area contributed by atoms with Gasteiger partial charge in [0.05, 0.1) is 6.10 Å². The first-order valence-electron chi connectivity index (χ1n) is 5.49. The van der Waals surface area contributed by atoms with Gasteiger partial charge in [0.25, 0.3) is 0 Å². The minimum absolute atomic E-state index is 0.546. The summed E-state index contributed by atoms with van der Waals surface area (Å²) in [6.45, 7) is 2.86. The first kappa shape index (κ1) is 15.1. The lowest BCUT2D eigenvalue weighted by molar-refractivity contribution is -0.222. The largest absolute Gasteiger partial charge is 0.461 e. The van der Waals surface area contributed by atoms with Gasteiger partial charge in [0, 0.05) is 23.9 Å². The lowest BCUT2D eigenvalue weighted by atomic mass is 9.96. The molecule has 10 heteroatoms. The van der Waals surface area contributed by atoms with Crippen LogP contribution in [0.3, 0.4) is 0 Å². The quantitative estimate of drug-likeness (QED) is 0.331. The van der Waals surface area contributed by atoms with Gasteiger partial charge in [0.2, 0.25) is 0 Å². The first-order chi connectivity index (χ1) is 9.04. The molecule has 19 heavy (non-hydrogen) atoms. The number of hydrogen-bond donors (Lipinski definition) is 0. The molecule has 1 heterocycles. The van der Waals surface area contributed by atoms with Crippen molar-refractivity contribution in [1.29, 1.82) is 0 Å². The standard InChI is InChI=1S/C9H14N6O4/c1-4-6(12-14-10)8(19-5(2)16)7(13-15-11)9(17-3)18-4/h4,6-9H,1-3H3/t4-,6+,7+,8-,9+/m0/s1. The van der Waals surface area contributed by atoms with E-state index >= 15 is 0 Å². The molecule has 5 atom stereocenters. The monoisotopic (exact) mass is 270 g/mol. The number of ether oxygens (including phenoxy) is 3. The summed E-state index contributed by atoms with van der Waals surface area (Å²) in [6, 6.07) is -1.72. The molecule has 0 aromatic carbocycles. The van der Waals surface area contributed by atoms with Gasteiger partial charge in [-0.05, 0) is 18.0 Å². The molecular formula is C9H14N6O4. The lowest BCUT2D eigenvalue weighted by Gasteiger charge is -2.41. The minimum atomic E-state index is -0.932. The molecule has 1 saturated heterocycles. The zero-order chi connectivity index (χ0) is 14.4. The van der Waals surface area contributed by atoms with Crippen LogP contribution in [0.1, 0.15) is 13.8 Å². The Morgan fingerprint density at radius 1 is 1.26 bits per heavy atom. The third-order valence-electron chi connectivity index (χ3n) is 2.69. The Bertz CT molecular complexity index is 430. The van der Waals surface area contributed by atoms with Gasteiger partial charge in [-0.2, -0.15) is 0 Å². The van der Waals surface area contributed by atoms with Crippen LogP contribution in [0, 0.1) is 0 Å². The number of methoxy groups -OCH3 is 1. The van der Waals surface area contributed by atoms with Crippen LogP contribution in [0.5, 0.6) is 0 Å². The van der Waals surface area contributed by atoms with E-state index in [2.05, 4.69) is 20.1 Å². The fourth-order valence-corrected chi connectivity index (χ4v) is 1.92. The molecule has 1 rings (SSSR count). The van der Waals surface area contributed by atoms with Gasteiger partial charge in [-0.15, -0.1) is 0 Å². The minimum Gasteiger partial charge on any atom is -0.461 e. The molecule has 104 valence electrons. The highest BCUT2D eigenvalue weighted by Gasteiger charge is 2.46. The number of hydrogen-bond acceptors (Lipinski definition) is 6. The molecule has 0 unspecified atom stereocenters. The Kier molecular flexibility index (Phi) is 5.40. The van der Waals surface area contributed by atoms with Gasteiger partial charge >= 0.3 is 5.97 Å². The van der Waals surface area contributed by atoms with Crippen LogP contribution in [0.25, 0.3) is 20.9 Å². The molecule has 0 radical (unpaired) electrons. The Balaban J connectivity index is 3.14. The Morgan fingerprint density at radius 2 is 1.84 bits per heavy atom. The normalized spacial score (nSPS) is 33.7. The average Bonchev–Trinajstić information content (AvgIpc) is 2.36. The van der Waals surface area contributed by atoms with Crippen molar-refractivity contribution in [3.63, 3.8) is 0 Å². The fraction of sp³-hybridized carbons (Fsp3) is 0.889. The van der Waals surface area contributed by atoms with Crippen molar-refractivity contribution >= 4 is 5.97 Å². The van der Waals surface area contributed by atoms with Crippen molar-refractivity contribution in [1.82, 2.24) is 0 Å². The molecule has 0 spiro atoms. The van der Waals surface area contributed by atoms with Crippen LogP contribution >= 0.6 is 0 Å². The van der Waals surface area contributed by atoms with E-state index in [4.69, 9.17) is 25.3 Å². The van der Waals surface area contributed by atoms with Crippen molar-refractivity contribution in [2.45, 2.75) is 44.4 Å². The summed E-state index contributed by atoms with van der Waals surface area (Å²) in [4.78, 5) is 16.5. The van der Waals surface area contributed by atoms with E-state index in [0.29, 0.717) is 0 Å². The summed E-state index contributed by atoms with van der Waals surface area (Å²) >= 11 is 0. The molecule has 0 saturated carbocycles. The molecular weight excluding hydrogens is 256 g/mol. The Morgan fingerprint density at radius 3 is 2.32 bits per heavy atom. The maximum Gasteiger partial charge on any atom is 0.302 e. The van der Waals surface area contributed by atoms with Crippen LogP contribution < -0.4 is 0 Å². The number of esters is 1. The van der Waals surface area contributed by atoms with E-state index in [-0.39, 0.29) is 0 Å². The first-order valence-corrected chi connectivity index (χ1v) is 5.49. The van der Waals surface area contributed by atoms with Gasteiger partial charge in [0.15, 0.2) is 6.29 Å². The topological polar surface area (TPSA) is 142 Å². The number of carbonyl (C=O) groups is 1. The predicted molar refractivity (Wildman–Crippen MR) is 62.8 cm³/mol. The zero-order valence-corrected chi connectivity index (χ0v) is 10.7. The molecule has 0 N–H and O–H groups in total. The van der Waals surface area contributed by atoms with Gasteiger partial charge in [-0.25, -0.2) is 0 Å². The highest BCUT2D eigenvalue weighted by atomic mass is 16.7. The molecule has 10 nitrogen and oxygen atoms in total. The van der Waals surface area contributed by atoms with Gasteiger partial charge in [-0.1, -0.05) is 10.2 Å². The number of nitrogens with zero attached hydrogens (tertiary/aromatic N) is 6. The van der Waals surface area contributed by atoms with E-state index in [0.717, 1.165) is 0 Å². The summed E-state index contributed by atoms with van der Waals surface area (Å²) < 4.78 is 15.6. The van der Waals surface area contributed by atoms with Crippen LogP contribution in [0.15, 0.2) is 10.2 Å². The molecule has 0 aromatic rings. The van der Waals surface area contributed by atoms with Crippen molar-refractivity contribution < 1.29 is 19.0 Å². The van der Waals surface area contributed by atoms with E-state index in [1.807, 2.05) is 0 Å². The van der Waals surface area contributed by atoms with Crippen LogP contribution in [0.2, 0.25) is 0 Å². The average molecular weight is 270 g/mol. The van der Waals surface area contributed by atoms with E-state index in [1.54, 1.807) is 6.92 Å². The zero-order valence-electron chi connectivity index (χ0n) is 10.7. The van der Waals surface area contributed by atoms with Crippen LogP contribution in [-0.2, 0) is 19.0 Å². The third-order valence-corrected chi connectivity index (χ3v) is 2.69. The van der Waals surface area contributed by atoms with E-state index in [9.17, 15) is 4.79 Å². The van der Waals surface area contributed by atoms with E-state index < -0.39 is 36.6 Å². The Labute approximate surface area is 108 Å². The van der Waals surface area contributed by atoms with Gasteiger partial charge in [-0.3, -0.25) is 4.79 Å². The maximum atomic E-state index is 11.1. The fourth-order valence-electron chi connectivity index (χ4n) is 1.92. The molecule has 0 bridgehead atoms. The molecule has 1 aliphatic rings. The molecule has 0 aromatic heterocycles. The molecule has 0 amide bonds. The van der Waals surface area contributed by atoms with Crippen molar-refractivity contribution in [2.75, 3.05) is 7.11 Å². The highest BCUT2D eigenvalue weighted by molar-refractivity contribution is 5.66. The second kappa shape index (κ2) is 6.81. The summed E-state index contributed by atoms with van der Waals surface area (Å²) in [5.74, 6) is -0.578. The Hall–Kier alpha value is -1.99. The van der Waals surface area contributed by atoms with Crippen molar-refractivity contribution in [2.24, 2.45) is 10.2 Å². The number of carbonyl (C=O) groups excluding carboxylic acids is 1. The highest BCUT2D eigenvalue weighted by Crippen LogP contribution is 2.28. The van der Waals surface area contributed by atoms with Crippen molar-refractivity contribution in [3.8, 4) is 0 Å². The third kappa shape index (κ3) is 3.49. The van der Waals surface area contributed by atoms with Gasteiger partial charge in [0.1, 0.15) is 18.2 Å². The molecule has 1 aliphatic heterocycles. The number of rotatable bonds is 4. The second-order valence-corrected chi connectivity index (χ2v) is 3.91. The number of azide groups is 2. The molecule has 0 aliphatic carbocycles. The van der Waals surface area contributed by atoms with Gasteiger partial charge < -0.3 is 14.2 Å². The van der Waals surface area contributed by atoms with E-state index in [1.165, 1.54) is 14.0 Å². The summed E-state index contributed by atoms with van der Waals surface area (Å²) in [5.41, 5.74) is 17.1. The summed E-state index contributed by atoms with van der Waals surface area (Å²) in [6.07, 6.45) is -2.35. The SMILES string of the molecule is CO[C@@H]1O[C@@H](C)[C@@H](N=[N+]=[N-])[C@H](OC(C)=O)[C@H]1N=[N+]=[N-]. The van der Waals surface area contributed by atoms with Crippen LogP contribution in [-0.4, -0.2) is 43.7 Å². The van der Waals surface area contributed by atoms with Crippen molar-refractivity contribution in [3.05, 3.63) is 20.9 Å². The summed E-state index contributed by atoms with van der Waals surface area (Å²) in [5, 5.41) is 7.05. The smallest absolute Gasteiger partial charge is 0.302 e. The predicted octanol–water partition coefficient (Wildman–Crippen LogP) is 1.67. The summed E-state index contributed by atoms with van der Waals surface area (Å²) in [7, 11) is 1.37. The molecule has 1 fully saturated rings. The van der Waals surface area contributed by atoms with Crippen LogP contribution in [0.4, 0.5) is 0 Å².